The second kappa shape index (κ2) is 6.71. The summed E-state index contributed by atoms with van der Waals surface area (Å²) in [5, 5.41) is 15.0. The number of hydrogen-bond acceptors (Lipinski definition) is 6. The van der Waals surface area contributed by atoms with Gasteiger partial charge in [0.2, 0.25) is 5.95 Å². The average molecular weight is 320 g/mol. The molecule has 3 aromatic rings. The number of benzene rings is 1. The zero-order chi connectivity index (χ0) is 16.9. The summed E-state index contributed by atoms with van der Waals surface area (Å²) in [5.41, 5.74) is 1.75. The van der Waals surface area contributed by atoms with Crippen molar-refractivity contribution in [2.75, 3.05) is 17.7 Å². The lowest BCUT2D eigenvalue weighted by Gasteiger charge is -2.11. The highest BCUT2D eigenvalue weighted by Gasteiger charge is 2.11. The number of rotatable bonds is 4. The maximum atomic E-state index is 13.7. The number of pyridine rings is 1. The van der Waals surface area contributed by atoms with E-state index in [2.05, 4.69) is 25.6 Å². The smallest absolute Gasteiger partial charge is 0.224 e. The van der Waals surface area contributed by atoms with Gasteiger partial charge in [0.25, 0.3) is 0 Å². The van der Waals surface area contributed by atoms with E-state index in [4.69, 9.17) is 5.26 Å². The van der Waals surface area contributed by atoms with E-state index in [1.54, 1.807) is 31.6 Å². The van der Waals surface area contributed by atoms with E-state index in [1.165, 1.54) is 12.1 Å². The predicted octanol–water partition coefficient (Wildman–Crippen LogP) is 3.33. The minimum Gasteiger partial charge on any atom is -0.357 e. The monoisotopic (exact) mass is 320 g/mol. The zero-order valence-electron chi connectivity index (χ0n) is 12.8. The molecule has 0 radical (unpaired) electrons. The van der Waals surface area contributed by atoms with Gasteiger partial charge in [-0.15, -0.1) is 0 Å². The zero-order valence-corrected chi connectivity index (χ0v) is 12.8. The van der Waals surface area contributed by atoms with Crippen molar-refractivity contribution in [3.05, 3.63) is 60.2 Å². The molecule has 1 aromatic carbocycles. The van der Waals surface area contributed by atoms with Gasteiger partial charge in [0, 0.05) is 31.1 Å². The molecular formula is C17H13FN6. The Balaban J connectivity index is 2.03. The molecule has 24 heavy (non-hydrogen) atoms. The van der Waals surface area contributed by atoms with E-state index in [0.29, 0.717) is 23.1 Å². The Morgan fingerprint density at radius 1 is 1.17 bits per heavy atom. The summed E-state index contributed by atoms with van der Waals surface area (Å²) in [5.74, 6) is 0.252. The fourth-order valence-electron chi connectivity index (χ4n) is 2.17. The Morgan fingerprint density at radius 3 is 2.75 bits per heavy atom. The van der Waals surface area contributed by atoms with Gasteiger partial charge in [0.05, 0.1) is 11.4 Å². The van der Waals surface area contributed by atoms with Crippen LogP contribution in [0, 0.1) is 17.1 Å². The number of aromatic nitrogens is 3. The number of nitrogens with one attached hydrogen (secondary N) is 2. The van der Waals surface area contributed by atoms with Crippen molar-refractivity contribution in [2.24, 2.45) is 0 Å². The first-order valence-corrected chi connectivity index (χ1v) is 7.14. The van der Waals surface area contributed by atoms with Crippen LogP contribution in [0.2, 0.25) is 0 Å². The molecule has 7 heteroatoms. The standard InChI is InChI=1S/C17H13FN6/c1-20-17-23-15(11-4-3-7-21-10-11)8-16(24-17)22-14-6-2-5-13(18)12(14)9-19/h2-8,10H,1H3,(H2,20,22,23,24). The molecule has 6 nitrogen and oxygen atoms in total. The molecule has 3 rings (SSSR count). The Morgan fingerprint density at radius 2 is 2.04 bits per heavy atom. The lowest BCUT2D eigenvalue weighted by atomic mass is 10.1. The average Bonchev–Trinajstić information content (AvgIpc) is 2.62. The molecule has 0 fully saturated rings. The van der Waals surface area contributed by atoms with Gasteiger partial charge in [-0.25, -0.2) is 9.37 Å². The van der Waals surface area contributed by atoms with Gasteiger partial charge in [-0.1, -0.05) is 6.07 Å². The van der Waals surface area contributed by atoms with Crippen LogP contribution in [0.3, 0.4) is 0 Å². The minimum atomic E-state index is -0.585. The summed E-state index contributed by atoms with van der Waals surface area (Å²) in [6.45, 7) is 0. The Kier molecular flexibility index (Phi) is 4.29. The number of halogens is 1. The van der Waals surface area contributed by atoms with E-state index in [1.807, 2.05) is 18.2 Å². The number of nitriles is 1. The lowest BCUT2D eigenvalue weighted by molar-refractivity contribution is 0.624. The van der Waals surface area contributed by atoms with E-state index in [9.17, 15) is 4.39 Å². The van der Waals surface area contributed by atoms with Crippen molar-refractivity contribution in [2.45, 2.75) is 0 Å². The van der Waals surface area contributed by atoms with Crippen molar-refractivity contribution < 1.29 is 4.39 Å². The summed E-state index contributed by atoms with van der Waals surface area (Å²) in [6, 6.07) is 11.6. The Labute approximate surface area is 138 Å². The first-order chi connectivity index (χ1) is 11.7. The molecule has 0 saturated carbocycles. The van der Waals surface area contributed by atoms with E-state index >= 15 is 0 Å². The molecule has 0 aliphatic rings. The van der Waals surface area contributed by atoms with Crippen LogP contribution in [0.5, 0.6) is 0 Å². The van der Waals surface area contributed by atoms with Crippen LogP contribution in [0.25, 0.3) is 11.3 Å². The van der Waals surface area contributed by atoms with Gasteiger partial charge < -0.3 is 10.6 Å². The van der Waals surface area contributed by atoms with Crippen LogP contribution >= 0.6 is 0 Å². The second-order valence-electron chi connectivity index (χ2n) is 4.85. The van der Waals surface area contributed by atoms with Gasteiger partial charge in [-0.3, -0.25) is 4.98 Å². The number of hydrogen-bond donors (Lipinski definition) is 2. The molecule has 2 N–H and O–H groups in total. The SMILES string of the molecule is CNc1nc(Nc2cccc(F)c2C#N)cc(-c2cccnc2)n1. The maximum absolute atomic E-state index is 13.7. The molecule has 0 aliphatic carbocycles. The molecule has 0 spiro atoms. The van der Waals surface area contributed by atoms with Crippen LogP contribution in [-0.4, -0.2) is 22.0 Å². The molecule has 0 bridgehead atoms. The third kappa shape index (κ3) is 3.13. The van der Waals surface area contributed by atoms with Crippen LogP contribution in [0.4, 0.5) is 21.8 Å². The highest BCUT2D eigenvalue weighted by Crippen LogP contribution is 2.25. The molecular weight excluding hydrogens is 307 g/mol. The molecule has 0 unspecified atom stereocenters. The summed E-state index contributed by atoms with van der Waals surface area (Å²) in [6.07, 6.45) is 3.36. The summed E-state index contributed by atoms with van der Waals surface area (Å²) >= 11 is 0. The van der Waals surface area contributed by atoms with Gasteiger partial charge >= 0.3 is 0 Å². The second-order valence-corrected chi connectivity index (χ2v) is 4.85. The molecule has 0 saturated heterocycles. The highest BCUT2D eigenvalue weighted by molar-refractivity contribution is 5.69. The Hall–Kier alpha value is -3.53. The topological polar surface area (TPSA) is 86.5 Å². The molecule has 0 atom stereocenters. The predicted molar refractivity (Wildman–Crippen MR) is 89.2 cm³/mol. The van der Waals surface area contributed by atoms with E-state index in [-0.39, 0.29) is 5.56 Å². The van der Waals surface area contributed by atoms with Gasteiger partial charge in [0.1, 0.15) is 23.3 Å². The molecule has 2 heterocycles. The van der Waals surface area contributed by atoms with Crippen molar-refractivity contribution in [3.8, 4) is 17.3 Å². The van der Waals surface area contributed by atoms with Crippen LogP contribution in [0.15, 0.2) is 48.8 Å². The third-order valence-corrected chi connectivity index (χ3v) is 3.30. The van der Waals surface area contributed by atoms with E-state index < -0.39 is 5.82 Å². The van der Waals surface area contributed by atoms with Crippen molar-refractivity contribution in [1.82, 2.24) is 15.0 Å². The number of nitrogens with zero attached hydrogens (tertiary/aromatic N) is 4. The molecule has 118 valence electrons. The van der Waals surface area contributed by atoms with Crippen molar-refractivity contribution in [1.29, 1.82) is 5.26 Å². The van der Waals surface area contributed by atoms with Crippen molar-refractivity contribution in [3.63, 3.8) is 0 Å². The fraction of sp³-hybridized carbons (Fsp3) is 0.0588. The Bertz CT molecular complexity index is 905. The third-order valence-electron chi connectivity index (χ3n) is 3.30. The first kappa shape index (κ1) is 15.4. The van der Waals surface area contributed by atoms with Crippen LogP contribution in [0.1, 0.15) is 5.56 Å². The molecule has 0 amide bonds. The lowest BCUT2D eigenvalue weighted by Crippen LogP contribution is -2.03. The normalized spacial score (nSPS) is 10.0. The van der Waals surface area contributed by atoms with E-state index in [0.717, 1.165) is 5.56 Å². The maximum Gasteiger partial charge on any atom is 0.224 e. The van der Waals surface area contributed by atoms with Gasteiger partial charge in [-0.05, 0) is 24.3 Å². The molecule has 0 aliphatic heterocycles. The quantitative estimate of drug-likeness (QED) is 0.767. The highest BCUT2D eigenvalue weighted by atomic mass is 19.1. The first-order valence-electron chi connectivity index (χ1n) is 7.14. The van der Waals surface area contributed by atoms with Gasteiger partial charge in [-0.2, -0.15) is 10.2 Å². The summed E-state index contributed by atoms with van der Waals surface area (Å²) in [7, 11) is 1.70. The van der Waals surface area contributed by atoms with Crippen LogP contribution < -0.4 is 10.6 Å². The van der Waals surface area contributed by atoms with Crippen LogP contribution in [-0.2, 0) is 0 Å². The molecule has 2 aromatic heterocycles. The van der Waals surface area contributed by atoms with Gasteiger partial charge in [0.15, 0.2) is 0 Å². The number of anilines is 3. The fourth-order valence-corrected chi connectivity index (χ4v) is 2.17. The summed E-state index contributed by atoms with van der Waals surface area (Å²) < 4.78 is 13.7. The minimum absolute atomic E-state index is 0.0648. The largest absolute Gasteiger partial charge is 0.357 e. The van der Waals surface area contributed by atoms with Crippen molar-refractivity contribution >= 4 is 17.5 Å². The summed E-state index contributed by atoms with van der Waals surface area (Å²) in [4.78, 5) is 12.8.